The van der Waals surface area contributed by atoms with Gasteiger partial charge in [-0.3, -0.25) is 25.3 Å². The topological polar surface area (TPSA) is 114 Å². The number of nitrogens with zero attached hydrogens (tertiary/aromatic N) is 5. The summed E-state index contributed by atoms with van der Waals surface area (Å²) in [5.74, 6) is 0.0132. The number of aromatic nitrogens is 3. The van der Waals surface area contributed by atoms with Crippen molar-refractivity contribution in [1.29, 1.82) is 0 Å². The number of nitro groups is 1. The van der Waals surface area contributed by atoms with Gasteiger partial charge in [0, 0.05) is 13.1 Å². The van der Waals surface area contributed by atoms with E-state index in [9.17, 15) is 14.9 Å². The van der Waals surface area contributed by atoms with Crippen LogP contribution in [0, 0.1) is 17.0 Å². The minimum Gasteiger partial charge on any atom is -0.271 e. The number of pyridine rings is 1. The standard InChI is InChI=1S/C10H10N6O3S/c1-6-9(20-14-12-6)10(17)13-15(2)8-4-3-7(5-11-8)16(18)19/h3-5H,1-2H3,(H,13,17). The van der Waals surface area contributed by atoms with Crippen molar-refractivity contribution in [3.8, 4) is 0 Å². The van der Waals surface area contributed by atoms with Crippen molar-refractivity contribution in [3.05, 3.63) is 39.0 Å². The van der Waals surface area contributed by atoms with Crippen molar-refractivity contribution in [2.24, 2.45) is 0 Å². The summed E-state index contributed by atoms with van der Waals surface area (Å²) in [6, 6.07) is 2.75. The van der Waals surface area contributed by atoms with Gasteiger partial charge < -0.3 is 0 Å². The number of amides is 1. The molecule has 2 aromatic rings. The van der Waals surface area contributed by atoms with Crippen LogP contribution in [0.2, 0.25) is 0 Å². The van der Waals surface area contributed by atoms with E-state index >= 15 is 0 Å². The van der Waals surface area contributed by atoms with Gasteiger partial charge in [0.2, 0.25) is 0 Å². The minimum atomic E-state index is -0.540. The summed E-state index contributed by atoms with van der Waals surface area (Å²) in [6.45, 7) is 1.68. The number of hydrazine groups is 1. The molecule has 1 amide bonds. The number of carbonyl (C=O) groups excluding carboxylic acids is 1. The predicted octanol–water partition coefficient (Wildman–Crippen LogP) is 0.931. The normalized spacial score (nSPS) is 10.1. The predicted molar refractivity (Wildman–Crippen MR) is 71.4 cm³/mol. The van der Waals surface area contributed by atoms with Crippen molar-refractivity contribution in [2.75, 3.05) is 12.1 Å². The summed E-state index contributed by atoms with van der Waals surface area (Å²) >= 11 is 0.992. The molecule has 1 N–H and O–H groups in total. The Kier molecular flexibility index (Phi) is 3.84. The lowest BCUT2D eigenvalue weighted by Crippen LogP contribution is -2.39. The molecule has 2 heterocycles. The molecule has 0 spiro atoms. The van der Waals surface area contributed by atoms with Gasteiger partial charge in [0.05, 0.1) is 10.6 Å². The van der Waals surface area contributed by atoms with E-state index in [4.69, 9.17) is 0 Å². The Balaban J connectivity index is 2.08. The van der Waals surface area contributed by atoms with Gasteiger partial charge in [-0.25, -0.2) is 4.98 Å². The lowest BCUT2D eigenvalue weighted by molar-refractivity contribution is -0.385. The van der Waals surface area contributed by atoms with Gasteiger partial charge in [0.1, 0.15) is 16.9 Å². The van der Waals surface area contributed by atoms with Crippen LogP contribution in [-0.2, 0) is 0 Å². The van der Waals surface area contributed by atoms with Crippen LogP contribution in [0.3, 0.4) is 0 Å². The number of carbonyl (C=O) groups is 1. The number of hydrogen-bond acceptors (Lipinski definition) is 8. The van der Waals surface area contributed by atoms with E-state index in [0.29, 0.717) is 16.4 Å². The van der Waals surface area contributed by atoms with Crippen LogP contribution in [0.4, 0.5) is 11.5 Å². The van der Waals surface area contributed by atoms with Crippen LogP contribution < -0.4 is 10.4 Å². The Morgan fingerprint density at radius 3 is 2.75 bits per heavy atom. The fourth-order valence-electron chi connectivity index (χ4n) is 1.38. The van der Waals surface area contributed by atoms with E-state index in [1.807, 2.05) is 0 Å². The Labute approximate surface area is 117 Å². The minimum absolute atomic E-state index is 0.115. The highest BCUT2D eigenvalue weighted by Gasteiger charge is 2.16. The highest BCUT2D eigenvalue weighted by Crippen LogP contribution is 2.14. The Bertz CT molecular complexity index is 641. The Morgan fingerprint density at radius 1 is 1.50 bits per heavy atom. The smallest absolute Gasteiger partial charge is 0.271 e. The molecule has 0 aliphatic heterocycles. The highest BCUT2D eigenvalue weighted by molar-refractivity contribution is 7.08. The lowest BCUT2D eigenvalue weighted by Gasteiger charge is -2.18. The summed E-state index contributed by atoms with van der Waals surface area (Å²) in [4.78, 5) is 26.2. The van der Waals surface area contributed by atoms with Gasteiger partial charge >= 0.3 is 0 Å². The quantitative estimate of drug-likeness (QED) is 0.659. The second-order valence-corrected chi connectivity index (χ2v) is 4.57. The first-order chi connectivity index (χ1) is 9.49. The molecule has 0 aromatic carbocycles. The van der Waals surface area contributed by atoms with Crippen LogP contribution in [0.1, 0.15) is 15.4 Å². The molecule has 0 aliphatic carbocycles. The van der Waals surface area contributed by atoms with Crippen molar-refractivity contribution < 1.29 is 9.72 Å². The molecular weight excluding hydrogens is 284 g/mol. The number of nitrogens with one attached hydrogen (secondary N) is 1. The molecule has 2 aromatic heterocycles. The van der Waals surface area contributed by atoms with Crippen LogP contribution in [0.15, 0.2) is 18.3 Å². The summed E-state index contributed by atoms with van der Waals surface area (Å²) in [6.07, 6.45) is 1.12. The van der Waals surface area contributed by atoms with Crippen LogP contribution in [-0.4, -0.2) is 32.4 Å². The van der Waals surface area contributed by atoms with Gasteiger partial charge in [0.25, 0.3) is 11.6 Å². The van der Waals surface area contributed by atoms with Crippen LogP contribution in [0.5, 0.6) is 0 Å². The third kappa shape index (κ3) is 2.85. The van der Waals surface area contributed by atoms with Gasteiger partial charge in [0.15, 0.2) is 0 Å². The average molecular weight is 294 g/mol. The Morgan fingerprint density at radius 2 is 2.25 bits per heavy atom. The molecule has 0 unspecified atom stereocenters. The maximum absolute atomic E-state index is 11.9. The zero-order valence-corrected chi connectivity index (χ0v) is 11.4. The van der Waals surface area contributed by atoms with Crippen molar-refractivity contribution >= 4 is 28.9 Å². The zero-order valence-electron chi connectivity index (χ0n) is 10.6. The van der Waals surface area contributed by atoms with E-state index in [0.717, 1.165) is 17.7 Å². The summed E-state index contributed by atoms with van der Waals surface area (Å²) in [5, 5.41) is 15.6. The van der Waals surface area contributed by atoms with E-state index in [1.165, 1.54) is 17.1 Å². The highest BCUT2D eigenvalue weighted by atomic mass is 32.1. The SMILES string of the molecule is Cc1nnsc1C(=O)NN(C)c1ccc([N+](=O)[O-])cn1. The van der Waals surface area contributed by atoms with E-state index in [1.54, 1.807) is 14.0 Å². The molecule has 20 heavy (non-hydrogen) atoms. The molecule has 9 nitrogen and oxygen atoms in total. The fraction of sp³-hybridized carbons (Fsp3) is 0.200. The van der Waals surface area contributed by atoms with Crippen molar-refractivity contribution in [1.82, 2.24) is 20.0 Å². The second kappa shape index (κ2) is 5.57. The molecular formula is C10H10N6O3S. The monoisotopic (exact) mass is 294 g/mol. The molecule has 2 rings (SSSR count). The Hall–Kier alpha value is -2.62. The molecule has 0 saturated carbocycles. The number of aryl methyl sites for hydroxylation is 1. The van der Waals surface area contributed by atoms with Gasteiger partial charge in [-0.05, 0) is 24.5 Å². The molecule has 0 bridgehead atoms. The summed E-state index contributed by atoms with van der Waals surface area (Å²) in [7, 11) is 1.58. The first kappa shape index (κ1) is 13.8. The molecule has 0 atom stereocenters. The van der Waals surface area contributed by atoms with Gasteiger partial charge in [-0.2, -0.15) is 0 Å². The summed E-state index contributed by atoms with van der Waals surface area (Å²) < 4.78 is 3.68. The van der Waals surface area contributed by atoms with Crippen molar-refractivity contribution in [2.45, 2.75) is 6.92 Å². The number of rotatable bonds is 4. The van der Waals surface area contributed by atoms with Gasteiger partial charge in [-0.1, -0.05) is 4.49 Å². The summed E-state index contributed by atoms with van der Waals surface area (Å²) in [5.41, 5.74) is 3.01. The average Bonchev–Trinajstić information content (AvgIpc) is 2.85. The lowest BCUT2D eigenvalue weighted by atomic mass is 10.4. The molecule has 0 aliphatic rings. The first-order valence-corrected chi connectivity index (χ1v) is 6.20. The number of hydrogen-bond donors (Lipinski definition) is 1. The second-order valence-electron chi connectivity index (χ2n) is 3.82. The maximum atomic E-state index is 11.9. The largest absolute Gasteiger partial charge is 0.287 e. The first-order valence-electron chi connectivity index (χ1n) is 5.43. The van der Waals surface area contributed by atoms with Crippen LogP contribution in [0.25, 0.3) is 0 Å². The molecule has 0 saturated heterocycles. The molecule has 10 heteroatoms. The van der Waals surface area contributed by atoms with E-state index in [2.05, 4.69) is 20.0 Å². The maximum Gasteiger partial charge on any atom is 0.287 e. The van der Waals surface area contributed by atoms with Gasteiger partial charge in [-0.15, -0.1) is 5.10 Å². The van der Waals surface area contributed by atoms with Crippen LogP contribution >= 0.6 is 11.5 Å². The third-order valence-corrected chi connectivity index (χ3v) is 3.24. The zero-order chi connectivity index (χ0) is 14.7. The van der Waals surface area contributed by atoms with Crippen molar-refractivity contribution in [3.63, 3.8) is 0 Å². The van der Waals surface area contributed by atoms with E-state index in [-0.39, 0.29) is 11.6 Å². The molecule has 0 radical (unpaired) electrons. The molecule has 104 valence electrons. The third-order valence-electron chi connectivity index (χ3n) is 2.41. The fourth-order valence-corrected chi connectivity index (χ4v) is 1.93. The van der Waals surface area contributed by atoms with E-state index < -0.39 is 4.92 Å². The number of anilines is 1. The molecule has 0 fully saturated rings.